The van der Waals surface area contributed by atoms with Gasteiger partial charge in [-0.2, -0.15) is 0 Å². The molecule has 0 radical (unpaired) electrons. The van der Waals surface area contributed by atoms with Gasteiger partial charge in [-0.3, -0.25) is 0 Å². The average Bonchev–Trinajstić information content (AvgIpc) is 2.35. The zero-order valence-corrected chi connectivity index (χ0v) is 14.2. The number of hydrogen-bond acceptors (Lipinski definition) is 0. The van der Waals surface area contributed by atoms with Crippen molar-refractivity contribution in [2.75, 3.05) is 0 Å². The van der Waals surface area contributed by atoms with Crippen LogP contribution >= 0.6 is 0 Å². The van der Waals surface area contributed by atoms with E-state index >= 15 is 0 Å². The molecule has 1 rings (SSSR count). The second-order valence-electron chi connectivity index (χ2n) is 7.48. The van der Waals surface area contributed by atoms with Gasteiger partial charge in [0.25, 0.3) is 0 Å². The predicted molar refractivity (Wildman–Crippen MR) is 87.1 cm³/mol. The maximum absolute atomic E-state index is 2.44. The molecule has 0 aliphatic carbocycles. The summed E-state index contributed by atoms with van der Waals surface area (Å²) in [5, 5.41) is 0. The average molecular weight is 260 g/mol. The molecule has 0 amide bonds. The summed E-state index contributed by atoms with van der Waals surface area (Å²) in [5.74, 6) is 1.98. The SMILES string of the molecule is CCC(C)c1cc(C(C)C(C)C)cc(C(C)(C)C)c1. The Balaban J connectivity index is 3.32. The zero-order chi connectivity index (χ0) is 14.8. The van der Waals surface area contributed by atoms with Gasteiger partial charge in [-0.05, 0) is 46.3 Å². The van der Waals surface area contributed by atoms with E-state index in [2.05, 4.69) is 73.6 Å². The van der Waals surface area contributed by atoms with E-state index < -0.39 is 0 Å². The molecule has 19 heavy (non-hydrogen) atoms. The Morgan fingerprint density at radius 3 is 1.84 bits per heavy atom. The molecule has 2 unspecified atom stereocenters. The zero-order valence-electron chi connectivity index (χ0n) is 14.2. The van der Waals surface area contributed by atoms with Gasteiger partial charge < -0.3 is 0 Å². The van der Waals surface area contributed by atoms with Gasteiger partial charge in [0.1, 0.15) is 0 Å². The van der Waals surface area contributed by atoms with Crippen molar-refractivity contribution in [2.24, 2.45) is 5.92 Å². The third kappa shape index (κ3) is 4.09. The normalized spacial score (nSPS) is 15.6. The van der Waals surface area contributed by atoms with Gasteiger partial charge in [0.05, 0.1) is 0 Å². The van der Waals surface area contributed by atoms with E-state index in [-0.39, 0.29) is 5.41 Å². The third-order valence-electron chi connectivity index (χ3n) is 4.55. The highest BCUT2D eigenvalue weighted by molar-refractivity contribution is 5.37. The maximum Gasteiger partial charge on any atom is -0.0132 e. The van der Waals surface area contributed by atoms with E-state index in [1.165, 1.54) is 23.1 Å². The van der Waals surface area contributed by atoms with Gasteiger partial charge in [0, 0.05) is 0 Å². The number of benzene rings is 1. The minimum atomic E-state index is 0.231. The first-order valence-electron chi connectivity index (χ1n) is 7.82. The standard InChI is InChI=1S/C19H32/c1-9-14(4)16-10-17(15(5)13(2)3)12-18(11-16)19(6,7)8/h10-15H,9H2,1-8H3. The Kier molecular flexibility index (Phi) is 5.24. The van der Waals surface area contributed by atoms with Gasteiger partial charge in [-0.1, -0.05) is 73.6 Å². The van der Waals surface area contributed by atoms with Gasteiger partial charge >= 0.3 is 0 Å². The molecule has 0 bridgehead atoms. The fourth-order valence-corrected chi connectivity index (χ4v) is 2.28. The van der Waals surface area contributed by atoms with Crippen molar-refractivity contribution in [1.82, 2.24) is 0 Å². The lowest BCUT2D eigenvalue weighted by molar-refractivity contribution is 0.529. The van der Waals surface area contributed by atoms with Crippen molar-refractivity contribution in [3.63, 3.8) is 0 Å². The molecule has 0 aliphatic rings. The summed E-state index contributed by atoms with van der Waals surface area (Å²) in [6.07, 6.45) is 1.21. The largest absolute Gasteiger partial charge is 0.0648 e. The minimum Gasteiger partial charge on any atom is -0.0648 e. The van der Waals surface area contributed by atoms with Crippen molar-refractivity contribution >= 4 is 0 Å². The van der Waals surface area contributed by atoms with Gasteiger partial charge in [0.2, 0.25) is 0 Å². The summed E-state index contributed by atoms with van der Waals surface area (Å²) < 4.78 is 0. The lowest BCUT2D eigenvalue weighted by atomic mass is 9.80. The molecule has 1 aromatic rings. The Morgan fingerprint density at radius 1 is 0.895 bits per heavy atom. The molecular formula is C19H32. The quantitative estimate of drug-likeness (QED) is 0.599. The molecule has 0 heteroatoms. The van der Waals surface area contributed by atoms with Crippen molar-refractivity contribution in [3.05, 3.63) is 34.9 Å². The summed E-state index contributed by atoms with van der Waals surface area (Å²) in [6, 6.07) is 7.29. The van der Waals surface area contributed by atoms with Gasteiger partial charge in [-0.25, -0.2) is 0 Å². The maximum atomic E-state index is 2.44. The Labute approximate surface area is 120 Å². The molecule has 0 nitrogen and oxygen atoms in total. The van der Waals surface area contributed by atoms with Crippen molar-refractivity contribution in [3.8, 4) is 0 Å². The van der Waals surface area contributed by atoms with Gasteiger partial charge in [-0.15, -0.1) is 0 Å². The van der Waals surface area contributed by atoms with E-state index in [4.69, 9.17) is 0 Å². The van der Waals surface area contributed by atoms with Crippen molar-refractivity contribution in [2.45, 2.75) is 79.1 Å². The van der Waals surface area contributed by atoms with Crippen LogP contribution in [-0.4, -0.2) is 0 Å². The molecule has 1 aromatic carbocycles. The molecule has 0 spiro atoms. The van der Waals surface area contributed by atoms with Crippen LogP contribution in [0.25, 0.3) is 0 Å². The van der Waals surface area contributed by atoms with Crippen LogP contribution < -0.4 is 0 Å². The van der Waals surface area contributed by atoms with Crippen molar-refractivity contribution < 1.29 is 0 Å². The van der Waals surface area contributed by atoms with Crippen LogP contribution in [0.15, 0.2) is 18.2 Å². The number of hydrogen-bond donors (Lipinski definition) is 0. The van der Waals surface area contributed by atoms with Crippen LogP contribution in [0, 0.1) is 5.92 Å². The van der Waals surface area contributed by atoms with Crippen LogP contribution in [0.4, 0.5) is 0 Å². The monoisotopic (exact) mass is 260 g/mol. The summed E-state index contributed by atoms with van der Waals surface area (Å²) in [6.45, 7) is 18.5. The second kappa shape index (κ2) is 6.11. The smallest absolute Gasteiger partial charge is 0.0132 e. The van der Waals surface area contributed by atoms with E-state index in [0.717, 1.165) is 0 Å². The highest BCUT2D eigenvalue weighted by Gasteiger charge is 2.19. The summed E-state index contributed by atoms with van der Waals surface area (Å²) in [4.78, 5) is 0. The molecule has 108 valence electrons. The van der Waals surface area contributed by atoms with E-state index in [1.54, 1.807) is 0 Å². The van der Waals surface area contributed by atoms with Crippen LogP contribution in [0.2, 0.25) is 0 Å². The summed E-state index contributed by atoms with van der Waals surface area (Å²) >= 11 is 0. The molecule has 0 heterocycles. The fraction of sp³-hybridized carbons (Fsp3) is 0.684. The molecule has 0 fully saturated rings. The Morgan fingerprint density at radius 2 is 1.42 bits per heavy atom. The molecule has 0 aromatic heterocycles. The fourth-order valence-electron chi connectivity index (χ4n) is 2.28. The summed E-state index contributed by atoms with van der Waals surface area (Å²) in [5.41, 5.74) is 4.73. The third-order valence-corrected chi connectivity index (χ3v) is 4.55. The summed E-state index contributed by atoms with van der Waals surface area (Å²) in [7, 11) is 0. The highest BCUT2D eigenvalue weighted by Crippen LogP contribution is 2.33. The first kappa shape index (κ1) is 16.3. The number of rotatable bonds is 4. The molecule has 0 N–H and O–H groups in total. The Bertz CT molecular complexity index is 407. The van der Waals surface area contributed by atoms with Crippen LogP contribution in [0.5, 0.6) is 0 Å². The van der Waals surface area contributed by atoms with E-state index in [9.17, 15) is 0 Å². The van der Waals surface area contributed by atoms with E-state index in [1.807, 2.05) is 0 Å². The first-order chi connectivity index (χ1) is 8.66. The lowest BCUT2D eigenvalue weighted by Crippen LogP contribution is -2.14. The molecule has 0 aliphatic heterocycles. The van der Waals surface area contributed by atoms with Crippen LogP contribution in [0.1, 0.15) is 90.3 Å². The molecular weight excluding hydrogens is 228 g/mol. The topological polar surface area (TPSA) is 0 Å². The second-order valence-corrected chi connectivity index (χ2v) is 7.48. The first-order valence-corrected chi connectivity index (χ1v) is 7.82. The highest BCUT2D eigenvalue weighted by atomic mass is 14.2. The van der Waals surface area contributed by atoms with Gasteiger partial charge in [0.15, 0.2) is 0 Å². The minimum absolute atomic E-state index is 0.231. The lowest BCUT2D eigenvalue weighted by Gasteiger charge is -2.25. The van der Waals surface area contributed by atoms with E-state index in [0.29, 0.717) is 17.8 Å². The van der Waals surface area contributed by atoms with Crippen molar-refractivity contribution in [1.29, 1.82) is 0 Å². The molecule has 0 saturated heterocycles. The van der Waals surface area contributed by atoms with Crippen LogP contribution in [0.3, 0.4) is 0 Å². The molecule has 2 atom stereocenters. The Hall–Kier alpha value is -0.780. The van der Waals surface area contributed by atoms with Crippen LogP contribution in [-0.2, 0) is 5.41 Å². The predicted octanol–water partition coefficient (Wildman–Crippen LogP) is 6.26. The molecule has 0 saturated carbocycles.